The molecule has 1 heterocycles. The van der Waals surface area contributed by atoms with Crippen molar-refractivity contribution >= 4 is 22.7 Å². The second kappa shape index (κ2) is 6.72. The fourth-order valence-corrected chi connectivity index (χ4v) is 2.59. The Morgan fingerprint density at radius 1 is 1.12 bits per heavy atom. The third kappa shape index (κ3) is 3.21. The van der Waals surface area contributed by atoms with Gasteiger partial charge in [-0.05, 0) is 19.1 Å². The van der Waals surface area contributed by atoms with E-state index in [1.807, 2.05) is 0 Å². The fourth-order valence-electron chi connectivity index (χ4n) is 2.59. The highest BCUT2D eigenvalue weighted by Gasteiger charge is 2.21. The van der Waals surface area contributed by atoms with Gasteiger partial charge in [0.2, 0.25) is 5.91 Å². The number of hydrogen-bond acceptors (Lipinski definition) is 5. The van der Waals surface area contributed by atoms with Gasteiger partial charge in [-0.3, -0.25) is 9.36 Å². The maximum Gasteiger partial charge on any atom is 0.420 e. The van der Waals surface area contributed by atoms with Gasteiger partial charge >= 0.3 is 5.76 Å². The standard InChI is InChI=1S/C18H18N2O5/c1-11(20-15-6-4-5-7-16(15)25-18(20)22)17(21)19-12-8-13(23-2)10-14(9-12)24-3/h4-11H,1-3H3,(H,19,21). The first kappa shape index (κ1) is 16.6. The van der Waals surface area contributed by atoms with Crippen molar-refractivity contribution in [3.8, 4) is 11.5 Å². The van der Waals surface area contributed by atoms with Crippen LogP contribution in [0.1, 0.15) is 13.0 Å². The molecule has 0 saturated heterocycles. The predicted molar refractivity (Wildman–Crippen MR) is 93.4 cm³/mol. The Bertz CT molecular complexity index is 951. The van der Waals surface area contributed by atoms with Crippen LogP contribution in [0.15, 0.2) is 51.7 Å². The van der Waals surface area contributed by atoms with E-state index in [1.165, 1.54) is 18.8 Å². The molecule has 0 radical (unpaired) electrons. The highest BCUT2D eigenvalue weighted by Crippen LogP contribution is 2.26. The van der Waals surface area contributed by atoms with E-state index in [-0.39, 0.29) is 5.91 Å². The van der Waals surface area contributed by atoms with Crippen molar-refractivity contribution in [1.82, 2.24) is 4.57 Å². The third-order valence-electron chi connectivity index (χ3n) is 3.90. The highest BCUT2D eigenvalue weighted by atomic mass is 16.5. The zero-order chi connectivity index (χ0) is 18.0. The molecule has 0 saturated carbocycles. The lowest BCUT2D eigenvalue weighted by Crippen LogP contribution is -2.29. The summed E-state index contributed by atoms with van der Waals surface area (Å²) in [4.78, 5) is 24.7. The van der Waals surface area contributed by atoms with Crippen molar-refractivity contribution in [2.45, 2.75) is 13.0 Å². The first-order valence-corrected chi connectivity index (χ1v) is 7.67. The van der Waals surface area contributed by atoms with Crippen LogP contribution in [0.3, 0.4) is 0 Å². The Morgan fingerprint density at radius 3 is 2.40 bits per heavy atom. The number of para-hydroxylation sites is 2. The summed E-state index contributed by atoms with van der Waals surface area (Å²) in [6.07, 6.45) is 0. The summed E-state index contributed by atoms with van der Waals surface area (Å²) in [6, 6.07) is 11.3. The van der Waals surface area contributed by atoms with Gasteiger partial charge in [-0.2, -0.15) is 0 Å². The normalized spacial score (nSPS) is 12.0. The largest absolute Gasteiger partial charge is 0.497 e. The molecular weight excluding hydrogens is 324 g/mol. The van der Waals surface area contributed by atoms with Crippen molar-refractivity contribution in [3.05, 3.63) is 53.0 Å². The number of anilines is 1. The van der Waals surface area contributed by atoms with E-state index >= 15 is 0 Å². The van der Waals surface area contributed by atoms with Crippen LogP contribution in [-0.4, -0.2) is 24.7 Å². The topological polar surface area (TPSA) is 82.7 Å². The summed E-state index contributed by atoms with van der Waals surface area (Å²) in [6.45, 7) is 1.64. The lowest BCUT2D eigenvalue weighted by Gasteiger charge is -2.14. The van der Waals surface area contributed by atoms with E-state index in [4.69, 9.17) is 13.9 Å². The third-order valence-corrected chi connectivity index (χ3v) is 3.90. The van der Waals surface area contributed by atoms with Crippen LogP contribution in [0, 0.1) is 0 Å². The van der Waals surface area contributed by atoms with Crippen molar-refractivity contribution in [2.24, 2.45) is 0 Å². The average Bonchev–Trinajstić information content (AvgIpc) is 2.96. The van der Waals surface area contributed by atoms with Gasteiger partial charge in [0, 0.05) is 23.9 Å². The van der Waals surface area contributed by atoms with Crippen LogP contribution < -0.4 is 20.5 Å². The molecule has 0 bridgehead atoms. The minimum absolute atomic E-state index is 0.357. The number of methoxy groups -OCH3 is 2. The van der Waals surface area contributed by atoms with E-state index in [2.05, 4.69) is 5.32 Å². The average molecular weight is 342 g/mol. The molecule has 7 nitrogen and oxygen atoms in total. The Morgan fingerprint density at radius 2 is 1.76 bits per heavy atom. The molecule has 1 aromatic heterocycles. The van der Waals surface area contributed by atoms with Crippen LogP contribution in [-0.2, 0) is 4.79 Å². The van der Waals surface area contributed by atoms with Gasteiger partial charge < -0.3 is 19.2 Å². The van der Waals surface area contributed by atoms with E-state index in [0.29, 0.717) is 28.3 Å². The molecule has 0 aliphatic heterocycles. The number of carbonyl (C=O) groups excluding carboxylic acids is 1. The summed E-state index contributed by atoms with van der Waals surface area (Å²) in [5.41, 5.74) is 1.52. The fraction of sp³-hybridized carbons (Fsp3) is 0.222. The number of amides is 1. The number of nitrogens with one attached hydrogen (secondary N) is 1. The Kier molecular flexibility index (Phi) is 4.47. The van der Waals surface area contributed by atoms with Crippen LogP contribution in [0.25, 0.3) is 11.1 Å². The molecule has 7 heteroatoms. The Hall–Kier alpha value is -3.22. The molecule has 3 aromatic rings. The smallest absolute Gasteiger partial charge is 0.420 e. The van der Waals surface area contributed by atoms with E-state index in [9.17, 15) is 9.59 Å². The number of benzene rings is 2. The van der Waals surface area contributed by atoms with E-state index < -0.39 is 11.8 Å². The number of aromatic nitrogens is 1. The molecule has 3 rings (SSSR count). The number of fused-ring (bicyclic) bond motifs is 1. The summed E-state index contributed by atoms with van der Waals surface area (Å²) in [7, 11) is 3.06. The summed E-state index contributed by atoms with van der Waals surface area (Å²) in [5, 5.41) is 2.77. The van der Waals surface area contributed by atoms with Gasteiger partial charge in [-0.25, -0.2) is 4.79 Å². The summed E-state index contributed by atoms with van der Waals surface area (Å²) < 4.78 is 16.9. The molecule has 1 atom stereocenters. The van der Waals surface area contributed by atoms with Crippen molar-refractivity contribution in [1.29, 1.82) is 0 Å². The zero-order valence-corrected chi connectivity index (χ0v) is 14.1. The van der Waals surface area contributed by atoms with Gasteiger partial charge in [-0.15, -0.1) is 0 Å². The first-order valence-electron chi connectivity index (χ1n) is 7.67. The number of oxazole rings is 1. The van der Waals surface area contributed by atoms with Crippen LogP contribution in [0.4, 0.5) is 5.69 Å². The minimum Gasteiger partial charge on any atom is -0.497 e. The van der Waals surface area contributed by atoms with E-state index in [1.54, 1.807) is 49.4 Å². The molecule has 0 spiro atoms. The number of hydrogen-bond donors (Lipinski definition) is 1. The van der Waals surface area contributed by atoms with E-state index in [0.717, 1.165) is 0 Å². The maximum atomic E-state index is 12.6. The molecule has 1 unspecified atom stereocenters. The SMILES string of the molecule is COc1cc(NC(=O)C(C)n2c(=O)oc3ccccc32)cc(OC)c1. The van der Waals surface area contributed by atoms with Gasteiger partial charge in [0.1, 0.15) is 17.5 Å². The molecule has 1 N–H and O–H groups in total. The first-order chi connectivity index (χ1) is 12.0. The van der Waals surface area contributed by atoms with Crippen LogP contribution >= 0.6 is 0 Å². The molecule has 130 valence electrons. The molecule has 0 aliphatic carbocycles. The van der Waals surface area contributed by atoms with Gasteiger partial charge in [-0.1, -0.05) is 12.1 Å². The van der Waals surface area contributed by atoms with Crippen molar-refractivity contribution in [2.75, 3.05) is 19.5 Å². The molecule has 2 aromatic carbocycles. The van der Waals surface area contributed by atoms with Crippen LogP contribution in [0.5, 0.6) is 11.5 Å². The monoisotopic (exact) mass is 342 g/mol. The molecule has 1 amide bonds. The summed E-state index contributed by atoms with van der Waals surface area (Å²) >= 11 is 0. The molecule has 0 aliphatic rings. The van der Waals surface area contributed by atoms with Gasteiger partial charge in [0.25, 0.3) is 0 Å². The lowest BCUT2D eigenvalue weighted by molar-refractivity contribution is -0.118. The predicted octanol–water partition coefficient (Wildman–Crippen LogP) is 2.81. The Balaban J connectivity index is 1.90. The second-order valence-corrected chi connectivity index (χ2v) is 5.47. The molecular formula is C18H18N2O5. The number of nitrogens with zero attached hydrogens (tertiary/aromatic N) is 1. The van der Waals surface area contributed by atoms with Gasteiger partial charge in [0.05, 0.1) is 19.7 Å². The molecule has 0 fully saturated rings. The number of ether oxygens (including phenoxy) is 2. The maximum absolute atomic E-state index is 12.6. The van der Waals surface area contributed by atoms with Crippen molar-refractivity contribution < 1.29 is 18.7 Å². The second-order valence-electron chi connectivity index (χ2n) is 5.47. The quantitative estimate of drug-likeness (QED) is 0.771. The lowest BCUT2D eigenvalue weighted by atomic mass is 10.2. The highest BCUT2D eigenvalue weighted by molar-refractivity contribution is 5.94. The van der Waals surface area contributed by atoms with Gasteiger partial charge in [0.15, 0.2) is 5.58 Å². The zero-order valence-electron chi connectivity index (χ0n) is 14.1. The summed E-state index contributed by atoms with van der Waals surface area (Å²) in [5.74, 6) is 0.164. The Labute approximate surface area is 143 Å². The van der Waals surface area contributed by atoms with Crippen molar-refractivity contribution in [3.63, 3.8) is 0 Å². The number of rotatable bonds is 5. The van der Waals surface area contributed by atoms with Crippen LogP contribution in [0.2, 0.25) is 0 Å². The number of carbonyl (C=O) groups is 1. The minimum atomic E-state index is -0.756. The molecule has 25 heavy (non-hydrogen) atoms.